The second kappa shape index (κ2) is 19.2. The number of nitrogens with zero attached hydrogens (tertiary/aromatic N) is 2. The van der Waals surface area contributed by atoms with Gasteiger partial charge in [0.05, 0.1) is 0 Å². The Morgan fingerprint density at radius 3 is 0.441 bits per heavy atom. The second-order valence-electron chi connectivity index (χ2n) is 17.0. The summed E-state index contributed by atoms with van der Waals surface area (Å²) < 4.78 is 0. The summed E-state index contributed by atoms with van der Waals surface area (Å²) in [6, 6.07) is 104. The molecule has 0 aliphatic carbocycles. The number of hydrogen-bond acceptors (Lipinski definition) is 2. The van der Waals surface area contributed by atoms with Gasteiger partial charge in [0.15, 0.2) is 0 Å². The first-order valence-electron chi connectivity index (χ1n) is 23.2. The van der Waals surface area contributed by atoms with Crippen molar-refractivity contribution in [1.82, 2.24) is 0 Å². The minimum Gasteiger partial charge on any atom is -0.311 e. The molecule has 68 heavy (non-hydrogen) atoms. The largest absolute Gasteiger partial charge is 0.311 e. The van der Waals surface area contributed by atoms with Crippen LogP contribution in [0.25, 0.3) is 66.8 Å². The molecular formula is C66H48N2. The van der Waals surface area contributed by atoms with E-state index in [1.54, 1.807) is 0 Å². The van der Waals surface area contributed by atoms with Crippen LogP contribution in [-0.2, 0) is 0 Å². The highest BCUT2D eigenvalue weighted by atomic mass is 15.1. The predicted molar refractivity (Wildman–Crippen MR) is 288 cm³/mol. The van der Waals surface area contributed by atoms with Gasteiger partial charge in [-0.3, -0.25) is 0 Å². The molecule has 322 valence electrons. The fourth-order valence-electron chi connectivity index (χ4n) is 9.09. The highest BCUT2D eigenvalue weighted by Crippen LogP contribution is 2.39. The Bertz CT molecular complexity index is 3100. The average Bonchev–Trinajstić information content (AvgIpc) is 3.43. The molecule has 11 aromatic carbocycles. The third kappa shape index (κ3) is 9.00. The van der Waals surface area contributed by atoms with Crippen LogP contribution in [0.1, 0.15) is 0 Å². The van der Waals surface area contributed by atoms with Crippen molar-refractivity contribution in [3.63, 3.8) is 0 Å². The molecule has 0 spiro atoms. The van der Waals surface area contributed by atoms with E-state index in [0.29, 0.717) is 0 Å². The Kier molecular flexibility index (Phi) is 11.8. The maximum Gasteiger partial charge on any atom is 0.0462 e. The van der Waals surface area contributed by atoms with E-state index in [4.69, 9.17) is 0 Å². The van der Waals surface area contributed by atoms with Gasteiger partial charge in [0.1, 0.15) is 0 Å². The molecule has 11 rings (SSSR count). The first-order chi connectivity index (χ1) is 33.7. The Morgan fingerprint density at radius 2 is 0.250 bits per heavy atom. The Hall–Kier alpha value is -8.98. The van der Waals surface area contributed by atoms with Crippen LogP contribution in [-0.4, -0.2) is 0 Å². The fourth-order valence-corrected chi connectivity index (χ4v) is 9.09. The Balaban J connectivity index is 0.762. The third-order valence-corrected chi connectivity index (χ3v) is 12.7. The fraction of sp³-hybridized carbons (Fsp3) is 0. The summed E-state index contributed by atoms with van der Waals surface area (Å²) in [5, 5.41) is 0. The lowest BCUT2D eigenvalue weighted by Gasteiger charge is -2.26. The zero-order valence-electron chi connectivity index (χ0n) is 37.6. The van der Waals surface area contributed by atoms with Gasteiger partial charge in [0.25, 0.3) is 0 Å². The molecule has 0 saturated heterocycles. The lowest BCUT2D eigenvalue weighted by atomic mass is 9.97. The molecule has 2 nitrogen and oxygen atoms in total. The minimum atomic E-state index is 1.11. The van der Waals surface area contributed by atoms with Gasteiger partial charge in [0.2, 0.25) is 0 Å². The van der Waals surface area contributed by atoms with Crippen LogP contribution < -0.4 is 9.80 Å². The van der Waals surface area contributed by atoms with Gasteiger partial charge in [-0.05, 0) is 140 Å². The summed E-state index contributed by atoms with van der Waals surface area (Å²) in [5.74, 6) is 0. The van der Waals surface area contributed by atoms with Crippen LogP contribution >= 0.6 is 0 Å². The summed E-state index contributed by atoms with van der Waals surface area (Å²) in [6.07, 6.45) is 0. The molecule has 0 aliphatic rings. The van der Waals surface area contributed by atoms with Crippen molar-refractivity contribution in [2.75, 3.05) is 9.80 Å². The zero-order chi connectivity index (χ0) is 45.5. The van der Waals surface area contributed by atoms with Crippen molar-refractivity contribution in [1.29, 1.82) is 0 Å². The van der Waals surface area contributed by atoms with E-state index in [2.05, 4.69) is 301 Å². The number of benzene rings is 11. The number of para-hydroxylation sites is 2. The summed E-state index contributed by atoms with van der Waals surface area (Å²) in [7, 11) is 0. The molecule has 0 amide bonds. The van der Waals surface area contributed by atoms with E-state index >= 15 is 0 Å². The van der Waals surface area contributed by atoms with E-state index in [1.165, 1.54) is 66.8 Å². The molecule has 0 heterocycles. The summed E-state index contributed by atoms with van der Waals surface area (Å²) >= 11 is 0. The van der Waals surface area contributed by atoms with Crippen LogP contribution in [0.5, 0.6) is 0 Å². The number of anilines is 6. The van der Waals surface area contributed by atoms with E-state index < -0.39 is 0 Å². The monoisotopic (exact) mass is 868 g/mol. The Morgan fingerprint density at radius 1 is 0.118 bits per heavy atom. The lowest BCUT2D eigenvalue weighted by Crippen LogP contribution is -2.09. The molecule has 11 aromatic rings. The zero-order valence-corrected chi connectivity index (χ0v) is 37.6. The molecule has 0 unspecified atom stereocenters. The van der Waals surface area contributed by atoms with Crippen molar-refractivity contribution >= 4 is 34.1 Å². The lowest BCUT2D eigenvalue weighted by molar-refractivity contribution is 1.28. The van der Waals surface area contributed by atoms with Gasteiger partial charge >= 0.3 is 0 Å². The normalized spacial score (nSPS) is 10.9. The van der Waals surface area contributed by atoms with Crippen LogP contribution in [0.3, 0.4) is 0 Å². The van der Waals surface area contributed by atoms with Crippen LogP contribution in [0, 0.1) is 0 Å². The summed E-state index contributed by atoms with van der Waals surface area (Å²) in [5.41, 5.74) is 21.1. The Labute approximate surface area is 400 Å². The molecule has 0 aliphatic heterocycles. The van der Waals surface area contributed by atoms with Gasteiger partial charge in [-0.1, -0.05) is 218 Å². The number of rotatable bonds is 12. The standard InChI is InChI=1S/C66H48N2/c1-5-13-49(14-6-1)57-33-41-63(42-34-57)67(61-17-9-3-10-18-61)65-45-37-59(38-46-65)55-29-25-53(26-30-55)51-21-23-52(24-22-51)54-27-31-56(32-28-54)60-39-47-66(48-40-60)68(62-19-11-4-12-20-62)64-43-35-58(36-44-64)50-15-7-2-8-16-50/h1-48H. The van der Waals surface area contributed by atoms with Crippen LogP contribution in [0.2, 0.25) is 0 Å². The predicted octanol–water partition coefficient (Wildman–Crippen LogP) is 18.6. The van der Waals surface area contributed by atoms with Gasteiger partial charge in [-0.25, -0.2) is 0 Å². The summed E-state index contributed by atoms with van der Waals surface area (Å²) in [4.78, 5) is 4.62. The van der Waals surface area contributed by atoms with Gasteiger partial charge < -0.3 is 9.80 Å². The number of hydrogen-bond donors (Lipinski definition) is 0. The molecular weight excluding hydrogens is 821 g/mol. The molecule has 0 N–H and O–H groups in total. The van der Waals surface area contributed by atoms with Gasteiger partial charge in [0, 0.05) is 34.1 Å². The first-order valence-corrected chi connectivity index (χ1v) is 23.2. The van der Waals surface area contributed by atoms with E-state index in [0.717, 1.165) is 34.1 Å². The maximum atomic E-state index is 2.31. The average molecular weight is 869 g/mol. The van der Waals surface area contributed by atoms with Crippen molar-refractivity contribution in [2.45, 2.75) is 0 Å². The van der Waals surface area contributed by atoms with Crippen LogP contribution in [0.15, 0.2) is 291 Å². The van der Waals surface area contributed by atoms with Crippen molar-refractivity contribution in [2.24, 2.45) is 0 Å². The van der Waals surface area contributed by atoms with Gasteiger partial charge in [-0.2, -0.15) is 0 Å². The molecule has 0 saturated carbocycles. The quantitative estimate of drug-likeness (QED) is 0.121. The van der Waals surface area contributed by atoms with E-state index in [-0.39, 0.29) is 0 Å². The summed E-state index contributed by atoms with van der Waals surface area (Å²) in [6.45, 7) is 0. The molecule has 2 heteroatoms. The second-order valence-corrected chi connectivity index (χ2v) is 17.0. The topological polar surface area (TPSA) is 6.48 Å². The highest BCUT2D eigenvalue weighted by Gasteiger charge is 2.15. The van der Waals surface area contributed by atoms with Crippen molar-refractivity contribution in [3.8, 4) is 66.8 Å². The smallest absolute Gasteiger partial charge is 0.0462 e. The van der Waals surface area contributed by atoms with Crippen molar-refractivity contribution in [3.05, 3.63) is 291 Å². The highest BCUT2D eigenvalue weighted by molar-refractivity contribution is 5.82. The van der Waals surface area contributed by atoms with Crippen LogP contribution in [0.4, 0.5) is 34.1 Å². The van der Waals surface area contributed by atoms with Gasteiger partial charge in [-0.15, -0.1) is 0 Å². The third-order valence-electron chi connectivity index (χ3n) is 12.7. The molecule has 0 atom stereocenters. The maximum absolute atomic E-state index is 2.31. The molecule has 0 fully saturated rings. The minimum absolute atomic E-state index is 1.11. The van der Waals surface area contributed by atoms with Crippen molar-refractivity contribution < 1.29 is 0 Å². The molecule has 0 bridgehead atoms. The van der Waals surface area contributed by atoms with E-state index in [9.17, 15) is 0 Å². The van der Waals surface area contributed by atoms with E-state index in [1.807, 2.05) is 0 Å². The molecule has 0 radical (unpaired) electrons. The SMILES string of the molecule is c1ccc(-c2ccc(N(c3ccccc3)c3ccc(-c4ccc(-c5ccc(-c6ccc(-c7ccc(N(c8ccccc8)c8ccc(-c9ccccc9)cc8)cc7)cc6)cc5)cc4)cc3)cc2)cc1. The first kappa shape index (κ1) is 41.7. The molecule has 0 aromatic heterocycles.